The van der Waals surface area contributed by atoms with Crippen molar-refractivity contribution in [2.24, 2.45) is 17.4 Å². The zero-order valence-corrected chi connectivity index (χ0v) is 35.4. The van der Waals surface area contributed by atoms with E-state index in [-0.39, 0.29) is 37.2 Å². The van der Waals surface area contributed by atoms with Gasteiger partial charge >= 0.3 is 5.97 Å². The molecule has 0 heterocycles. The molecule has 0 aliphatic rings. The molecule has 0 fully saturated rings. The van der Waals surface area contributed by atoms with Gasteiger partial charge in [-0.3, -0.25) is 28.8 Å². The van der Waals surface area contributed by atoms with Gasteiger partial charge in [0.15, 0.2) is 0 Å². The van der Waals surface area contributed by atoms with Crippen LogP contribution in [0.2, 0.25) is 0 Å². The minimum atomic E-state index is -1.60. The van der Waals surface area contributed by atoms with Crippen LogP contribution in [0.3, 0.4) is 0 Å². The molecule has 63 heavy (non-hydrogen) atoms. The molecule has 7 atom stereocenters. The Morgan fingerprint density at radius 3 is 1.65 bits per heavy atom. The number of phenols is 2. The monoisotopic (exact) mass is 876 g/mol. The van der Waals surface area contributed by atoms with E-state index in [0.717, 1.165) is 0 Å². The van der Waals surface area contributed by atoms with Crippen LogP contribution in [-0.2, 0) is 52.8 Å². The van der Waals surface area contributed by atoms with Crippen molar-refractivity contribution in [2.45, 2.75) is 95.0 Å². The molecular weight excluding hydrogens is 817 g/mol. The molecule has 0 aromatic heterocycles. The molecular formula is C44H60N8O11. The summed E-state index contributed by atoms with van der Waals surface area (Å²) in [6.45, 7) is 2.24. The lowest BCUT2D eigenvalue weighted by Crippen LogP contribution is -2.59. The highest BCUT2D eigenvalue weighted by Gasteiger charge is 2.33. The summed E-state index contributed by atoms with van der Waals surface area (Å²) in [6, 6.07) is 12.9. The largest absolute Gasteiger partial charge is 0.508 e. The molecule has 0 saturated carbocycles. The molecule has 0 aliphatic carbocycles. The van der Waals surface area contributed by atoms with Crippen LogP contribution in [0.4, 0.5) is 0 Å². The number of aliphatic hydroxyl groups is 1. The third kappa shape index (κ3) is 17.4. The van der Waals surface area contributed by atoms with Crippen LogP contribution >= 0.6 is 0 Å². The fourth-order valence-corrected chi connectivity index (χ4v) is 6.36. The quantitative estimate of drug-likeness (QED) is 0.0442. The molecule has 0 radical (unpaired) electrons. The van der Waals surface area contributed by atoms with Gasteiger partial charge in [0.25, 0.3) is 0 Å². The van der Waals surface area contributed by atoms with E-state index in [1.807, 2.05) is 6.92 Å². The maximum Gasteiger partial charge on any atom is 0.326 e. The third-order valence-electron chi connectivity index (χ3n) is 10.3. The normalized spacial score (nSPS) is 14.3. The summed E-state index contributed by atoms with van der Waals surface area (Å²) < 4.78 is 0. The number of nitrogens with two attached hydrogens (primary N) is 2. The summed E-state index contributed by atoms with van der Waals surface area (Å²) in [5.74, 6) is -6.56. The van der Waals surface area contributed by atoms with Crippen molar-refractivity contribution in [1.82, 2.24) is 31.9 Å². The number of hydrogen-bond acceptors (Lipinski definition) is 12. The van der Waals surface area contributed by atoms with Crippen LogP contribution in [0.25, 0.3) is 0 Å². The van der Waals surface area contributed by atoms with Crippen LogP contribution in [-0.4, -0.2) is 118 Å². The van der Waals surface area contributed by atoms with Crippen LogP contribution in [0.5, 0.6) is 11.5 Å². The molecule has 0 bridgehead atoms. The van der Waals surface area contributed by atoms with Gasteiger partial charge in [-0.1, -0.05) is 74.9 Å². The second kappa shape index (κ2) is 26.0. The topological polar surface area (TPSA) is 325 Å². The van der Waals surface area contributed by atoms with E-state index in [4.69, 9.17) is 11.5 Å². The Morgan fingerprint density at radius 1 is 0.603 bits per heavy atom. The number of hydrogen-bond donors (Lipinski definition) is 12. The molecule has 0 saturated heterocycles. The first-order valence-electron chi connectivity index (χ1n) is 20.7. The molecule has 19 nitrogen and oxygen atoms in total. The number of carbonyl (C=O) groups is 7. The van der Waals surface area contributed by atoms with Gasteiger partial charge < -0.3 is 63.8 Å². The summed E-state index contributed by atoms with van der Waals surface area (Å²) in [4.78, 5) is 92.6. The number of carbonyl (C=O) groups excluding carboxylic acids is 6. The summed E-state index contributed by atoms with van der Waals surface area (Å²) in [7, 11) is 0. The molecule has 0 aliphatic heterocycles. The minimum Gasteiger partial charge on any atom is -0.508 e. The Bertz CT molecular complexity index is 1970. The predicted octanol–water partition coefficient (Wildman–Crippen LogP) is -0.755. The summed E-state index contributed by atoms with van der Waals surface area (Å²) in [5.41, 5.74) is 13.5. The number of aliphatic hydroxyl groups excluding tert-OH is 1. The highest BCUT2D eigenvalue weighted by Crippen LogP contribution is 2.15. The van der Waals surface area contributed by atoms with E-state index in [2.05, 4.69) is 31.9 Å². The molecule has 3 aromatic rings. The van der Waals surface area contributed by atoms with E-state index in [1.165, 1.54) is 36.4 Å². The zero-order chi connectivity index (χ0) is 46.5. The van der Waals surface area contributed by atoms with Crippen molar-refractivity contribution in [3.8, 4) is 11.5 Å². The maximum absolute atomic E-state index is 13.8. The molecule has 3 aromatic carbocycles. The van der Waals surface area contributed by atoms with E-state index >= 15 is 0 Å². The number of aliphatic carboxylic acids is 1. The number of unbranched alkanes of at least 4 members (excludes halogenated alkanes) is 1. The third-order valence-corrected chi connectivity index (χ3v) is 10.3. The van der Waals surface area contributed by atoms with Gasteiger partial charge in [0.05, 0.1) is 19.2 Å². The van der Waals surface area contributed by atoms with Gasteiger partial charge in [-0.15, -0.1) is 0 Å². The maximum atomic E-state index is 13.8. The van der Waals surface area contributed by atoms with Crippen LogP contribution in [0, 0.1) is 5.92 Å². The number of carboxylic acids is 1. The van der Waals surface area contributed by atoms with Gasteiger partial charge in [-0.05, 0) is 79.1 Å². The number of aromatic hydroxyl groups is 2. The van der Waals surface area contributed by atoms with Crippen molar-refractivity contribution in [3.63, 3.8) is 0 Å². The molecule has 342 valence electrons. The fourth-order valence-electron chi connectivity index (χ4n) is 6.36. The van der Waals surface area contributed by atoms with E-state index in [0.29, 0.717) is 42.5 Å². The lowest BCUT2D eigenvalue weighted by molar-refractivity contribution is -0.142. The molecule has 0 spiro atoms. The standard InChI is InChI=1S/C44H60N8O11/c1-3-26(2)38(52-39(57)32(46)21-28-12-16-30(54)17-13-28)43(61)51-34(23-29-14-18-31(55)19-15-29)40(58)47-24-37(56)48-36(25-53)42(60)50-35(22-27-9-5-4-6-10-27)41(59)49-33(44(62)63)11-7-8-20-45/h4-6,9-10,12-19,26,32-36,38,53-55H,3,7-8,11,20-25,45-46H2,1-2H3,(H,47,58)(H,48,56)(H,49,59)(H,50,60)(H,51,61)(H,52,57)(H,62,63). The first-order valence-corrected chi connectivity index (χ1v) is 20.7. The lowest BCUT2D eigenvalue weighted by Gasteiger charge is -2.27. The average Bonchev–Trinajstić information content (AvgIpc) is 3.26. The number of phenolic OH excluding ortho intramolecular Hbond substituents is 2. The van der Waals surface area contributed by atoms with E-state index in [9.17, 15) is 54.0 Å². The number of benzene rings is 3. The van der Waals surface area contributed by atoms with Crippen LogP contribution < -0.4 is 43.4 Å². The molecule has 19 heteroatoms. The number of amides is 6. The van der Waals surface area contributed by atoms with Crippen molar-refractivity contribution >= 4 is 41.4 Å². The summed E-state index contributed by atoms with van der Waals surface area (Å²) in [5, 5.41) is 54.2. The molecule has 7 unspecified atom stereocenters. The minimum absolute atomic E-state index is 0.0408. The first kappa shape index (κ1) is 50.8. The van der Waals surface area contributed by atoms with Crippen molar-refractivity contribution in [1.29, 1.82) is 0 Å². The van der Waals surface area contributed by atoms with Gasteiger partial charge in [0, 0.05) is 12.8 Å². The number of carboxylic acid groups (broad SMARTS) is 1. The fraction of sp³-hybridized carbons (Fsp3) is 0.432. The second-order valence-corrected chi connectivity index (χ2v) is 15.2. The van der Waals surface area contributed by atoms with Gasteiger partial charge in [0.2, 0.25) is 35.4 Å². The van der Waals surface area contributed by atoms with E-state index < -0.39 is 96.7 Å². The van der Waals surface area contributed by atoms with Crippen LogP contribution in [0.1, 0.15) is 56.2 Å². The van der Waals surface area contributed by atoms with Crippen molar-refractivity contribution in [2.75, 3.05) is 19.7 Å². The molecule has 6 amide bonds. The van der Waals surface area contributed by atoms with Gasteiger partial charge in [-0.25, -0.2) is 4.79 Å². The van der Waals surface area contributed by atoms with Crippen molar-refractivity contribution < 1.29 is 54.0 Å². The number of nitrogens with one attached hydrogen (secondary N) is 6. The Hall–Kier alpha value is -6.57. The lowest BCUT2D eigenvalue weighted by atomic mass is 9.96. The first-order chi connectivity index (χ1) is 30.0. The highest BCUT2D eigenvalue weighted by molar-refractivity contribution is 5.96. The van der Waals surface area contributed by atoms with E-state index in [1.54, 1.807) is 49.4 Å². The Labute approximate surface area is 365 Å². The van der Waals surface area contributed by atoms with Gasteiger partial charge in [-0.2, -0.15) is 0 Å². The zero-order valence-electron chi connectivity index (χ0n) is 35.4. The predicted molar refractivity (Wildman–Crippen MR) is 231 cm³/mol. The SMILES string of the molecule is CCC(C)C(NC(=O)C(N)Cc1ccc(O)cc1)C(=O)NC(Cc1ccc(O)cc1)C(=O)NCC(=O)NC(CO)C(=O)NC(Cc1ccccc1)C(=O)NC(CCCCN)C(=O)O. The number of rotatable bonds is 26. The summed E-state index contributed by atoms with van der Waals surface area (Å²) >= 11 is 0. The highest BCUT2D eigenvalue weighted by atomic mass is 16.4. The van der Waals surface area contributed by atoms with Crippen molar-refractivity contribution in [3.05, 3.63) is 95.6 Å². The van der Waals surface area contributed by atoms with Gasteiger partial charge in [0.1, 0.15) is 41.7 Å². The Kier molecular flexibility index (Phi) is 21.0. The van der Waals surface area contributed by atoms with Crippen LogP contribution in [0.15, 0.2) is 78.9 Å². The Morgan fingerprint density at radius 2 is 1.11 bits per heavy atom. The average molecular weight is 877 g/mol. The Balaban J connectivity index is 1.72. The molecule has 3 rings (SSSR count). The second-order valence-electron chi connectivity index (χ2n) is 15.2. The smallest absolute Gasteiger partial charge is 0.326 e. The summed E-state index contributed by atoms with van der Waals surface area (Å²) in [6.07, 6.45) is 1.46. The molecule has 14 N–H and O–H groups in total.